The molecule has 74 valence electrons. The van der Waals surface area contributed by atoms with Crippen LogP contribution in [0.2, 0.25) is 0 Å². The van der Waals surface area contributed by atoms with Gasteiger partial charge in [0.2, 0.25) is 0 Å². The monoisotopic (exact) mass is 217 g/mol. The Bertz CT molecular complexity index is 216. The van der Waals surface area contributed by atoms with Crippen LogP contribution >= 0.6 is 24.8 Å². The number of ether oxygens (including phenoxy) is 1. The van der Waals surface area contributed by atoms with Crippen molar-refractivity contribution in [2.75, 3.05) is 20.3 Å². The first kappa shape index (κ1) is 11.1. The van der Waals surface area contributed by atoms with Gasteiger partial charge in [-0.05, 0) is 19.3 Å². The van der Waals surface area contributed by atoms with Crippen LogP contribution in [0.1, 0.15) is 19.3 Å². The molecule has 0 amide bonds. The molecule has 13 heavy (non-hydrogen) atoms. The van der Waals surface area contributed by atoms with Gasteiger partial charge in [-0.15, -0.1) is 12.6 Å². The highest BCUT2D eigenvalue weighted by molar-refractivity contribution is 8.11. The fraction of sp³-hybridized carbons (Fsp3) is 0.778. The maximum Gasteiger partial charge on any atom is 0.0658 e. The van der Waals surface area contributed by atoms with E-state index in [4.69, 9.17) is 17.0 Å². The summed E-state index contributed by atoms with van der Waals surface area (Å²) in [5.41, 5.74) is 1.22. The van der Waals surface area contributed by atoms with E-state index < -0.39 is 0 Å². The van der Waals surface area contributed by atoms with Crippen molar-refractivity contribution in [1.82, 2.24) is 0 Å². The maximum atomic E-state index is 5.06. The lowest BCUT2D eigenvalue weighted by Gasteiger charge is -2.07. The van der Waals surface area contributed by atoms with Crippen molar-refractivity contribution in [3.8, 4) is 0 Å². The molecule has 1 aliphatic carbocycles. The zero-order valence-corrected chi connectivity index (χ0v) is 9.53. The zero-order chi connectivity index (χ0) is 9.68. The molecule has 1 unspecified atom stereocenters. The number of thiocarbonyl (C=S) groups is 1. The van der Waals surface area contributed by atoms with E-state index in [0.29, 0.717) is 12.5 Å². The predicted octanol–water partition coefficient (Wildman–Crippen LogP) is 2.13. The molecule has 0 bridgehead atoms. The van der Waals surface area contributed by atoms with Crippen LogP contribution in [-0.4, -0.2) is 30.2 Å². The molecule has 1 rings (SSSR count). The van der Waals surface area contributed by atoms with E-state index in [1.54, 1.807) is 7.11 Å². The van der Waals surface area contributed by atoms with E-state index in [1.807, 2.05) is 0 Å². The van der Waals surface area contributed by atoms with E-state index in [2.05, 4.69) is 17.6 Å². The van der Waals surface area contributed by atoms with Gasteiger partial charge in [-0.3, -0.25) is 4.99 Å². The largest absolute Gasteiger partial charge is 0.383 e. The SMILES string of the molecule is COCCN=C1CCCC1C(=S)S. The fourth-order valence-electron chi connectivity index (χ4n) is 1.56. The third-order valence-electron chi connectivity index (χ3n) is 2.24. The molecule has 0 spiro atoms. The van der Waals surface area contributed by atoms with E-state index in [0.717, 1.165) is 23.6 Å². The minimum Gasteiger partial charge on any atom is -0.383 e. The Morgan fingerprint density at radius 2 is 2.54 bits per heavy atom. The average Bonchev–Trinajstić information content (AvgIpc) is 2.53. The molecular weight excluding hydrogens is 202 g/mol. The van der Waals surface area contributed by atoms with Gasteiger partial charge in [0.05, 0.1) is 17.3 Å². The minimum absolute atomic E-state index is 0.343. The normalized spacial score (nSPS) is 25.4. The first-order valence-electron chi connectivity index (χ1n) is 4.50. The Kier molecular flexibility index (Phi) is 4.91. The van der Waals surface area contributed by atoms with E-state index in [-0.39, 0.29) is 0 Å². The Morgan fingerprint density at radius 1 is 1.77 bits per heavy atom. The van der Waals surface area contributed by atoms with E-state index in [9.17, 15) is 0 Å². The standard InChI is InChI=1S/C9H15NOS2/c1-11-6-5-10-8-4-2-3-7(8)9(12)13/h7H,2-6H2,1H3,(H,12,13). The van der Waals surface area contributed by atoms with Crippen molar-refractivity contribution in [1.29, 1.82) is 0 Å². The number of thiol groups is 1. The molecule has 0 aromatic carbocycles. The summed E-state index contributed by atoms with van der Waals surface area (Å²) < 4.78 is 5.72. The maximum absolute atomic E-state index is 5.06. The van der Waals surface area contributed by atoms with Crippen LogP contribution in [-0.2, 0) is 4.74 Å². The number of hydrogen-bond donors (Lipinski definition) is 1. The summed E-state index contributed by atoms with van der Waals surface area (Å²) in [6, 6.07) is 0. The van der Waals surface area contributed by atoms with Crippen LogP contribution < -0.4 is 0 Å². The lowest BCUT2D eigenvalue weighted by molar-refractivity contribution is 0.208. The van der Waals surface area contributed by atoms with Gasteiger partial charge in [-0.1, -0.05) is 12.2 Å². The topological polar surface area (TPSA) is 21.6 Å². The number of hydrogen-bond acceptors (Lipinski definition) is 3. The van der Waals surface area contributed by atoms with Gasteiger partial charge < -0.3 is 4.74 Å². The first-order valence-corrected chi connectivity index (χ1v) is 5.36. The quantitative estimate of drug-likeness (QED) is 0.442. The highest BCUT2D eigenvalue weighted by Crippen LogP contribution is 2.25. The highest BCUT2D eigenvalue weighted by Gasteiger charge is 2.24. The van der Waals surface area contributed by atoms with Gasteiger partial charge in [0.1, 0.15) is 0 Å². The Labute approximate surface area is 90.2 Å². The smallest absolute Gasteiger partial charge is 0.0658 e. The molecule has 0 N–H and O–H groups in total. The molecule has 1 atom stereocenters. The van der Waals surface area contributed by atoms with Crippen LogP contribution in [0, 0.1) is 5.92 Å². The molecule has 1 aliphatic rings. The third-order valence-corrected chi connectivity index (χ3v) is 2.83. The number of aliphatic imine (C=N–C) groups is 1. The van der Waals surface area contributed by atoms with Gasteiger partial charge in [0.15, 0.2) is 0 Å². The first-order chi connectivity index (χ1) is 6.25. The summed E-state index contributed by atoms with van der Waals surface area (Å²) in [6.07, 6.45) is 3.39. The van der Waals surface area contributed by atoms with Gasteiger partial charge in [0.25, 0.3) is 0 Å². The van der Waals surface area contributed by atoms with Gasteiger partial charge in [-0.2, -0.15) is 0 Å². The Balaban J connectivity index is 2.47. The van der Waals surface area contributed by atoms with Crippen LogP contribution in [0.5, 0.6) is 0 Å². The molecule has 4 heteroatoms. The number of methoxy groups -OCH3 is 1. The average molecular weight is 217 g/mol. The highest BCUT2D eigenvalue weighted by atomic mass is 32.1. The van der Waals surface area contributed by atoms with Crippen molar-refractivity contribution < 1.29 is 4.74 Å². The van der Waals surface area contributed by atoms with Crippen LogP contribution in [0.25, 0.3) is 0 Å². The molecule has 1 saturated carbocycles. The minimum atomic E-state index is 0.343. The van der Waals surface area contributed by atoms with Gasteiger partial charge in [0, 0.05) is 18.7 Å². The van der Waals surface area contributed by atoms with Crippen LogP contribution in [0.4, 0.5) is 0 Å². The van der Waals surface area contributed by atoms with Crippen LogP contribution in [0.15, 0.2) is 4.99 Å². The summed E-state index contributed by atoms with van der Waals surface area (Å²) in [7, 11) is 1.69. The molecule has 0 radical (unpaired) electrons. The Morgan fingerprint density at radius 3 is 3.15 bits per heavy atom. The van der Waals surface area contributed by atoms with Gasteiger partial charge in [-0.25, -0.2) is 0 Å². The molecule has 0 heterocycles. The number of nitrogens with zero attached hydrogens (tertiary/aromatic N) is 1. The molecule has 0 aliphatic heterocycles. The van der Waals surface area contributed by atoms with E-state index >= 15 is 0 Å². The summed E-state index contributed by atoms with van der Waals surface area (Å²) in [4.78, 5) is 4.47. The van der Waals surface area contributed by atoms with Crippen molar-refractivity contribution in [3.05, 3.63) is 0 Å². The fourth-order valence-corrected chi connectivity index (χ4v) is 2.10. The molecular formula is C9H15NOS2. The van der Waals surface area contributed by atoms with Crippen molar-refractivity contribution >= 4 is 34.8 Å². The van der Waals surface area contributed by atoms with Crippen molar-refractivity contribution in [3.63, 3.8) is 0 Å². The molecule has 0 aromatic heterocycles. The lowest BCUT2D eigenvalue weighted by atomic mass is 10.1. The summed E-state index contributed by atoms with van der Waals surface area (Å²) in [5.74, 6) is 0.343. The summed E-state index contributed by atoms with van der Waals surface area (Å²) in [5, 5.41) is 0. The molecule has 1 fully saturated rings. The molecule has 0 aromatic rings. The summed E-state index contributed by atoms with van der Waals surface area (Å²) >= 11 is 9.28. The Hall–Kier alpha value is 0.0700. The third kappa shape index (κ3) is 3.37. The van der Waals surface area contributed by atoms with E-state index in [1.165, 1.54) is 12.1 Å². The lowest BCUT2D eigenvalue weighted by Crippen LogP contribution is -2.13. The van der Waals surface area contributed by atoms with Crippen molar-refractivity contribution in [2.24, 2.45) is 10.9 Å². The van der Waals surface area contributed by atoms with Crippen molar-refractivity contribution in [2.45, 2.75) is 19.3 Å². The summed E-state index contributed by atoms with van der Waals surface area (Å²) in [6.45, 7) is 1.44. The predicted molar refractivity (Wildman–Crippen MR) is 63.1 cm³/mol. The van der Waals surface area contributed by atoms with Gasteiger partial charge >= 0.3 is 0 Å². The second kappa shape index (κ2) is 5.73. The molecule has 0 saturated heterocycles. The van der Waals surface area contributed by atoms with Crippen LogP contribution in [0.3, 0.4) is 0 Å². The number of rotatable bonds is 4. The second-order valence-corrected chi connectivity index (χ2v) is 4.37. The zero-order valence-electron chi connectivity index (χ0n) is 7.82. The molecule has 2 nitrogen and oxygen atoms in total. The second-order valence-electron chi connectivity index (χ2n) is 3.15.